The lowest BCUT2D eigenvalue weighted by molar-refractivity contribution is 0.180. The topological polar surface area (TPSA) is 72.3 Å². The number of rotatable bonds is 6. The number of nitrogens with zero attached hydrogens (tertiary/aromatic N) is 5. The Kier molecular flexibility index (Phi) is 5.69. The van der Waals surface area contributed by atoms with Crippen LogP contribution in [0.15, 0.2) is 67.0 Å². The number of aryl methyl sites for hydroxylation is 1. The Morgan fingerprint density at radius 2 is 1.83 bits per heavy atom. The molecule has 3 aromatic heterocycles. The Balaban J connectivity index is 1.42. The van der Waals surface area contributed by atoms with E-state index >= 15 is 0 Å². The average Bonchev–Trinajstić information content (AvgIpc) is 3.26. The van der Waals surface area contributed by atoms with Crippen LogP contribution in [0.2, 0.25) is 0 Å². The number of hydrogen-bond acceptors (Lipinski definition) is 5. The second-order valence-corrected chi connectivity index (χ2v) is 10.2. The number of fused-ring (bicyclic) bond motifs is 2. The summed E-state index contributed by atoms with van der Waals surface area (Å²) in [6, 6.07) is 18.9. The van der Waals surface area contributed by atoms with E-state index in [1.54, 1.807) is 6.20 Å². The molecule has 1 aliphatic carbocycles. The Morgan fingerprint density at radius 1 is 1.03 bits per heavy atom. The van der Waals surface area contributed by atoms with Crippen LogP contribution in [0.4, 0.5) is 5.82 Å². The number of imidazole rings is 1. The molecule has 3 heterocycles. The van der Waals surface area contributed by atoms with Crippen molar-refractivity contribution in [3.8, 4) is 22.5 Å². The number of nitrogens with two attached hydrogens (primary N) is 1. The minimum atomic E-state index is 0.439. The van der Waals surface area contributed by atoms with Crippen molar-refractivity contribution in [2.45, 2.75) is 32.6 Å². The number of anilines is 1. The average molecular weight is 477 g/mol. The molecule has 0 amide bonds. The molecule has 6 nitrogen and oxygen atoms in total. The molecular weight excluding hydrogens is 444 g/mol. The molecular formula is C30H32N6. The van der Waals surface area contributed by atoms with Gasteiger partial charge in [0.15, 0.2) is 0 Å². The van der Waals surface area contributed by atoms with Gasteiger partial charge in [-0.2, -0.15) is 0 Å². The number of aromatic nitrogens is 4. The molecule has 0 atom stereocenters. The molecule has 0 spiro atoms. The van der Waals surface area contributed by atoms with Gasteiger partial charge >= 0.3 is 0 Å². The third-order valence-corrected chi connectivity index (χ3v) is 7.68. The molecule has 182 valence electrons. The van der Waals surface area contributed by atoms with Gasteiger partial charge in [0.1, 0.15) is 22.9 Å². The van der Waals surface area contributed by atoms with E-state index in [-0.39, 0.29) is 0 Å². The summed E-state index contributed by atoms with van der Waals surface area (Å²) in [7, 11) is 2.20. The van der Waals surface area contributed by atoms with E-state index < -0.39 is 0 Å². The van der Waals surface area contributed by atoms with E-state index in [1.165, 1.54) is 5.56 Å². The summed E-state index contributed by atoms with van der Waals surface area (Å²) in [4.78, 5) is 17.0. The van der Waals surface area contributed by atoms with Crippen molar-refractivity contribution in [3.63, 3.8) is 0 Å². The van der Waals surface area contributed by atoms with Crippen molar-refractivity contribution >= 4 is 22.2 Å². The highest BCUT2D eigenvalue weighted by atomic mass is 15.1. The first-order valence-electron chi connectivity index (χ1n) is 12.8. The third-order valence-electron chi connectivity index (χ3n) is 7.68. The summed E-state index contributed by atoms with van der Waals surface area (Å²) in [6.45, 7) is 6.59. The third kappa shape index (κ3) is 3.91. The van der Waals surface area contributed by atoms with Crippen LogP contribution in [0.3, 0.4) is 0 Å². The summed E-state index contributed by atoms with van der Waals surface area (Å²) in [5.74, 6) is 2.76. The molecule has 0 bridgehead atoms. The Morgan fingerprint density at radius 3 is 2.61 bits per heavy atom. The summed E-state index contributed by atoms with van der Waals surface area (Å²) in [5.41, 5.74) is 13.5. The van der Waals surface area contributed by atoms with Gasteiger partial charge < -0.3 is 10.6 Å². The van der Waals surface area contributed by atoms with Gasteiger partial charge in [0.05, 0.1) is 11.2 Å². The van der Waals surface area contributed by atoms with Crippen molar-refractivity contribution in [2.75, 3.05) is 25.9 Å². The predicted octanol–water partition coefficient (Wildman–Crippen LogP) is 5.95. The summed E-state index contributed by atoms with van der Waals surface area (Å²) in [6.07, 6.45) is 6.09. The van der Waals surface area contributed by atoms with Crippen molar-refractivity contribution in [2.24, 2.45) is 5.92 Å². The number of nitrogen functional groups attached to an aromatic ring is 1. The lowest BCUT2D eigenvalue weighted by Crippen LogP contribution is -2.34. The van der Waals surface area contributed by atoms with Gasteiger partial charge in [-0.05, 0) is 57.0 Å². The van der Waals surface area contributed by atoms with Gasteiger partial charge in [-0.15, -0.1) is 0 Å². The maximum absolute atomic E-state index is 6.42. The van der Waals surface area contributed by atoms with Gasteiger partial charge in [-0.1, -0.05) is 49.4 Å². The zero-order chi connectivity index (χ0) is 24.8. The number of benzene rings is 2. The molecule has 6 heteroatoms. The largest absolute Gasteiger partial charge is 0.382 e. The summed E-state index contributed by atoms with van der Waals surface area (Å²) >= 11 is 0. The van der Waals surface area contributed by atoms with Crippen molar-refractivity contribution in [1.29, 1.82) is 0 Å². The van der Waals surface area contributed by atoms with E-state index in [2.05, 4.69) is 71.6 Å². The lowest BCUT2D eigenvalue weighted by Gasteiger charge is -2.36. The van der Waals surface area contributed by atoms with Crippen molar-refractivity contribution in [3.05, 3.63) is 78.4 Å². The second-order valence-electron chi connectivity index (χ2n) is 10.2. The number of pyridine rings is 1. The molecule has 0 unspecified atom stereocenters. The molecule has 1 fully saturated rings. The molecule has 1 aliphatic rings. The van der Waals surface area contributed by atoms with Crippen LogP contribution in [0, 0.1) is 12.8 Å². The SMILES string of the molecule is CCN(C)CC1CC(c2nc(-c3ccc4c(C)cc(-c5ccccc5)nc4c3)c3c(N)nccn23)C1. The second kappa shape index (κ2) is 9.03. The molecule has 36 heavy (non-hydrogen) atoms. The smallest absolute Gasteiger partial charge is 0.150 e. The summed E-state index contributed by atoms with van der Waals surface area (Å²) < 4.78 is 2.16. The maximum Gasteiger partial charge on any atom is 0.150 e. The molecule has 2 N–H and O–H groups in total. The van der Waals surface area contributed by atoms with Gasteiger partial charge in [-0.25, -0.2) is 15.0 Å². The van der Waals surface area contributed by atoms with Gasteiger partial charge in [0.2, 0.25) is 0 Å². The first-order chi connectivity index (χ1) is 17.5. The van der Waals surface area contributed by atoms with E-state index in [1.807, 2.05) is 24.4 Å². The van der Waals surface area contributed by atoms with Gasteiger partial charge in [0, 0.05) is 41.4 Å². The Bertz CT molecular complexity index is 1550. The zero-order valence-corrected chi connectivity index (χ0v) is 21.1. The maximum atomic E-state index is 6.42. The fourth-order valence-corrected chi connectivity index (χ4v) is 5.55. The van der Waals surface area contributed by atoms with Crippen LogP contribution in [-0.4, -0.2) is 44.4 Å². The van der Waals surface area contributed by atoms with Crippen molar-refractivity contribution < 1.29 is 0 Å². The van der Waals surface area contributed by atoms with E-state index in [4.69, 9.17) is 15.7 Å². The highest BCUT2D eigenvalue weighted by Crippen LogP contribution is 2.43. The highest BCUT2D eigenvalue weighted by Gasteiger charge is 2.34. The van der Waals surface area contributed by atoms with Crippen LogP contribution < -0.4 is 5.73 Å². The quantitative estimate of drug-likeness (QED) is 0.328. The monoisotopic (exact) mass is 476 g/mol. The first-order valence-corrected chi connectivity index (χ1v) is 12.8. The van der Waals surface area contributed by atoms with Gasteiger partial charge in [-0.3, -0.25) is 4.40 Å². The molecule has 0 saturated heterocycles. The summed E-state index contributed by atoms with van der Waals surface area (Å²) in [5, 5.41) is 1.15. The number of hydrogen-bond donors (Lipinski definition) is 1. The van der Waals surface area contributed by atoms with E-state index in [0.717, 1.165) is 76.6 Å². The Hall–Kier alpha value is -3.77. The van der Waals surface area contributed by atoms with Crippen LogP contribution >= 0.6 is 0 Å². The standard InChI is InChI=1S/C30H32N6/c1-4-35(3)18-20-15-23(16-20)30-34-27(28-29(31)32-12-13-36(28)30)22-10-11-24-19(2)14-25(33-26(24)17-22)21-8-6-5-7-9-21/h5-14,17,20,23H,4,15-16,18H2,1-3H3,(H2,31,32). The molecule has 0 aliphatic heterocycles. The van der Waals surface area contributed by atoms with Crippen molar-refractivity contribution in [1.82, 2.24) is 24.3 Å². The molecule has 6 rings (SSSR count). The zero-order valence-electron chi connectivity index (χ0n) is 21.1. The Labute approximate surface area is 211 Å². The highest BCUT2D eigenvalue weighted by molar-refractivity contribution is 5.92. The normalized spacial score (nSPS) is 17.7. The minimum absolute atomic E-state index is 0.439. The first kappa shape index (κ1) is 22.7. The van der Waals surface area contributed by atoms with E-state index in [9.17, 15) is 0 Å². The van der Waals surface area contributed by atoms with Crippen LogP contribution in [0.1, 0.15) is 37.1 Å². The lowest BCUT2D eigenvalue weighted by atomic mass is 9.74. The fraction of sp³-hybridized carbons (Fsp3) is 0.300. The van der Waals surface area contributed by atoms with Crippen LogP contribution in [0.25, 0.3) is 38.9 Å². The fourth-order valence-electron chi connectivity index (χ4n) is 5.55. The van der Waals surface area contributed by atoms with E-state index in [0.29, 0.717) is 11.7 Å². The molecule has 0 radical (unpaired) electrons. The molecule has 2 aromatic carbocycles. The van der Waals surface area contributed by atoms with Crippen LogP contribution in [-0.2, 0) is 0 Å². The minimum Gasteiger partial charge on any atom is -0.382 e. The molecule has 1 saturated carbocycles. The predicted molar refractivity (Wildman–Crippen MR) is 147 cm³/mol. The van der Waals surface area contributed by atoms with Gasteiger partial charge in [0.25, 0.3) is 0 Å². The molecule has 5 aromatic rings. The van der Waals surface area contributed by atoms with Crippen LogP contribution in [0.5, 0.6) is 0 Å².